The summed E-state index contributed by atoms with van der Waals surface area (Å²) in [6.07, 6.45) is 0.579. The maximum absolute atomic E-state index is 13.1. The summed E-state index contributed by atoms with van der Waals surface area (Å²) >= 11 is 0. The predicted molar refractivity (Wildman–Crippen MR) is 90.6 cm³/mol. The molecule has 5 heteroatoms. The first kappa shape index (κ1) is 17.9. The van der Waals surface area contributed by atoms with Crippen LogP contribution in [0.4, 0.5) is 4.39 Å². The van der Waals surface area contributed by atoms with Crippen LogP contribution in [-0.2, 0) is 11.3 Å². The monoisotopic (exact) mass is 331 g/mol. The van der Waals surface area contributed by atoms with Crippen molar-refractivity contribution in [2.75, 3.05) is 0 Å². The number of carboxylic acid groups (broad SMARTS) is 1. The fraction of sp³-hybridized carbons (Fsp3) is 0.316. The number of rotatable bonds is 8. The molecule has 24 heavy (non-hydrogen) atoms. The summed E-state index contributed by atoms with van der Waals surface area (Å²) in [6, 6.07) is 12.7. The maximum atomic E-state index is 13.1. The highest BCUT2D eigenvalue weighted by atomic mass is 19.1. The predicted octanol–water partition coefficient (Wildman–Crippen LogP) is 4.21. The Morgan fingerprint density at radius 3 is 2.46 bits per heavy atom. The van der Waals surface area contributed by atoms with Crippen molar-refractivity contribution >= 4 is 5.97 Å². The fourth-order valence-electron chi connectivity index (χ4n) is 2.33. The molecule has 2 aromatic carbocycles. The van der Waals surface area contributed by atoms with E-state index < -0.39 is 12.0 Å². The summed E-state index contributed by atoms with van der Waals surface area (Å²) < 4.78 is 18.7. The molecule has 0 spiro atoms. The van der Waals surface area contributed by atoms with Gasteiger partial charge in [-0.05, 0) is 42.2 Å². The Morgan fingerprint density at radius 2 is 1.88 bits per heavy atom. The number of benzene rings is 2. The number of aliphatic carboxylic acids is 1. The van der Waals surface area contributed by atoms with Crippen LogP contribution in [0.2, 0.25) is 0 Å². The van der Waals surface area contributed by atoms with Crippen LogP contribution < -0.4 is 10.1 Å². The number of ether oxygens (including phenoxy) is 1. The molecule has 0 fully saturated rings. The number of nitrogens with one attached hydrogen (secondary N) is 1. The highest BCUT2D eigenvalue weighted by Gasteiger charge is 2.17. The molecule has 2 aromatic rings. The second-order valence-electron chi connectivity index (χ2n) is 6.10. The lowest BCUT2D eigenvalue weighted by atomic mass is 10.0. The Hall–Kier alpha value is -2.40. The van der Waals surface area contributed by atoms with E-state index in [1.165, 1.54) is 12.1 Å². The van der Waals surface area contributed by atoms with E-state index in [1.54, 1.807) is 24.3 Å². The van der Waals surface area contributed by atoms with E-state index in [-0.39, 0.29) is 5.82 Å². The van der Waals surface area contributed by atoms with Crippen LogP contribution in [-0.4, -0.2) is 17.1 Å². The average molecular weight is 331 g/mol. The normalized spacial score (nSPS) is 12.2. The molecule has 128 valence electrons. The maximum Gasteiger partial charge on any atom is 0.320 e. The van der Waals surface area contributed by atoms with Gasteiger partial charge in [-0.15, -0.1) is 0 Å². The van der Waals surface area contributed by atoms with Gasteiger partial charge in [0.25, 0.3) is 0 Å². The van der Waals surface area contributed by atoms with Crippen molar-refractivity contribution in [3.63, 3.8) is 0 Å². The Labute approximate surface area is 141 Å². The second kappa shape index (κ2) is 8.45. The molecule has 0 unspecified atom stereocenters. The summed E-state index contributed by atoms with van der Waals surface area (Å²) in [5.41, 5.74) is 0.955. The van der Waals surface area contributed by atoms with Crippen molar-refractivity contribution < 1.29 is 19.0 Å². The van der Waals surface area contributed by atoms with Crippen LogP contribution in [0.25, 0.3) is 0 Å². The van der Waals surface area contributed by atoms with Crippen molar-refractivity contribution in [2.45, 2.75) is 32.9 Å². The van der Waals surface area contributed by atoms with Gasteiger partial charge in [0.05, 0.1) is 0 Å². The van der Waals surface area contributed by atoms with Gasteiger partial charge >= 0.3 is 5.97 Å². The van der Waals surface area contributed by atoms with Gasteiger partial charge in [-0.2, -0.15) is 0 Å². The van der Waals surface area contributed by atoms with Crippen molar-refractivity contribution in [2.24, 2.45) is 5.92 Å². The van der Waals surface area contributed by atoms with Gasteiger partial charge in [0.15, 0.2) is 0 Å². The van der Waals surface area contributed by atoms with Crippen LogP contribution in [0.15, 0.2) is 48.5 Å². The largest absolute Gasteiger partial charge is 0.480 e. The standard InChI is InChI=1S/C19H22FNO3/c1-13(2)10-18(19(22)23)21-12-14-6-8-16(9-7-14)24-17-5-3-4-15(20)11-17/h3-9,11,13,18,21H,10,12H2,1-2H3,(H,22,23)/t18-/m0/s1. The molecule has 2 rings (SSSR count). The van der Waals surface area contributed by atoms with Crippen molar-refractivity contribution in [3.05, 3.63) is 59.9 Å². The van der Waals surface area contributed by atoms with Crippen LogP contribution >= 0.6 is 0 Å². The summed E-state index contributed by atoms with van der Waals surface area (Å²) in [7, 11) is 0. The molecule has 2 N–H and O–H groups in total. The van der Waals surface area contributed by atoms with E-state index in [1.807, 2.05) is 26.0 Å². The zero-order valence-electron chi connectivity index (χ0n) is 13.8. The summed E-state index contributed by atoms with van der Waals surface area (Å²) in [5, 5.41) is 12.3. The first-order valence-corrected chi connectivity index (χ1v) is 7.92. The molecule has 1 atom stereocenters. The van der Waals surface area contributed by atoms with Gasteiger partial charge < -0.3 is 15.2 Å². The zero-order valence-corrected chi connectivity index (χ0v) is 13.8. The van der Waals surface area contributed by atoms with Gasteiger partial charge in [0.2, 0.25) is 0 Å². The highest BCUT2D eigenvalue weighted by Crippen LogP contribution is 2.22. The van der Waals surface area contributed by atoms with E-state index in [4.69, 9.17) is 4.74 Å². The van der Waals surface area contributed by atoms with E-state index in [9.17, 15) is 14.3 Å². The lowest BCUT2D eigenvalue weighted by Gasteiger charge is -2.16. The smallest absolute Gasteiger partial charge is 0.320 e. The molecule has 0 amide bonds. The zero-order chi connectivity index (χ0) is 17.5. The molecule has 0 aliphatic rings. The van der Waals surface area contributed by atoms with E-state index in [2.05, 4.69) is 5.32 Å². The van der Waals surface area contributed by atoms with Crippen LogP contribution in [0.5, 0.6) is 11.5 Å². The van der Waals surface area contributed by atoms with Crippen LogP contribution in [0, 0.1) is 11.7 Å². The molecule has 0 aliphatic carbocycles. The number of hydrogen-bond acceptors (Lipinski definition) is 3. The van der Waals surface area contributed by atoms with Crippen LogP contribution in [0.3, 0.4) is 0 Å². The number of halogens is 1. The average Bonchev–Trinajstić information content (AvgIpc) is 2.52. The molecule has 0 radical (unpaired) electrons. The quantitative estimate of drug-likeness (QED) is 0.761. The molecule has 0 saturated heterocycles. The van der Waals surface area contributed by atoms with Gasteiger partial charge in [-0.25, -0.2) is 4.39 Å². The van der Waals surface area contributed by atoms with Gasteiger partial charge in [-0.3, -0.25) is 4.79 Å². The first-order chi connectivity index (χ1) is 11.4. The number of hydrogen-bond donors (Lipinski definition) is 2. The van der Waals surface area contributed by atoms with Crippen molar-refractivity contribution in [1.29, 1.82) is 0 Å². The van der Waals surface area contributed by atoms with E-state index in [0.29, 0.717) is 30.4 Å². The molecule has 0 heterocycles. The second-order valence-corrected chi connectivity index (χ2v) is 6.10. The third-order valence-corrected chi connectivity index (χ3v) is 3.51. The minimum absolute atomic E-state index is 0.306. The van der Waals surface area contributed by atoms with Crippen LogP contribution in [0.1, 0.15) is 25.8 Å². The van der Waals surface area contributed by atoms with E-state index >= 15 is 0 Å². The Morgan fingerprint density at radius 1 is 1.17 bits per heavy atom. The molecule has 0 aromatic heterocycles. The summed E-state index contributed by atoms with van der Waals surface area (Å²) in [4.78, 5) is 11.2. The minimum atomic E-state index is -0.838. The van der Waals surface area contributed by atoms with Gasteiger partial charge in [0, 0.05) is 12.6 Å². The minimum Gasteiger partial charge on any atom is -0.480 e. The summed E-state index contributed by atoms with van der Waals surface area (Å²) in [6.45, 7) is 4.45. The SMILES string of the molecule is CC(C)C[C@H](NCc1ccc(Oc2cccc(F)c2)cc1)C(=O)O. The lowest BCUT2D eigenvalue weighted by molar-refractivity contribution is -0.140. The van der Waals surface area contributed by atoms with Gasteiger partial charge in [0.1, 0.15) is 23.4 Å². The number of carboxylic acids is 1. The Kier molecular flexibility index (Phi) is 6.32. The molecule has 4 nitrogen and oxygen atoms in total. The molecule has 0 saturated carbocycles. The molecule has 0 aliphatic heterocycles. The summed E-state index contributed by atoms with van der Waals surface area (Å²) in [5.74, 6) is 0.152. The Balaban J connectivity index is 1.93. The van der Waals surface area contributed by atoms with Crippen molar-refractivity contribution in [3.8, 4) is 11.5 Å². The first-order valence-electron chi connectivity index (χ1n) is 7.92. The van der Waals surface area contributed by atoms with Gasteiger partial charge in [-0.1, -0.05) is 32.0 Å². The molecule has 0 bridgehead atoms. The highest BCUT2D eigenvalue weighted by molar-refractivity contribution is 5.73. The number of carbonyl (C=O) groups is 1. The third kappa shape index (κ3) is 5.66. The Bertz CT molecular complexity index is 671. The van der Waals surface area contributed by atoms with Crippen molar-refractivity contribution in [1.82, 2.24) is 5.32 Å². The fourth-order valence-corrected chi connectivity index (χ4v) is 2.33. The van der Waals surface area contributed by atoms with E-state index in [0.717, 1.165) is 5.56 Å². The molecular weight excluding hydrogens is 309 g/mol. The molecular formula is C19H22FNO3. The topological polar surface area (TPSA) is 58.6 Å². The third-order valence-electron chi connectivity index (χ3n) is 3.51. The lowest BCUT2D eigenvalue weighted by Crippen LogP contribution is -2.37.